The van der Waals surface area contributed by atoms with Crippen molar-refractivity contribution in [2.45, 2.75) is 4.90 Å². The molecule has 0 saturated heterocycles. The van der Waals surface area contributed by atoms with E-state index in [4.69, 9.17) is 33.9 Å². The molecule has 0 aliphatic carbocycles. The van der Waals surface area contributed by atoms with Gasteiger partial charge in [0.2, 0.25) is 0 Å². The van der Waals surface area contributed by atoms with E-state index in [0.29, 0.717) is 0 Å². The summed E-state index contributed by atoms with van der Waals surface area (Å²) >= 11 is 10.7. The predicted molar refractivity (Wildman–Crippen MR) is 54.7 cm³/mol. The van der Waals surface area contributed by atoms with E-state index in [1.165, 1.54) is 12.1 Å². The molecule has 0 N–H and O–H groups in total. The summed E-state index contributed by atoms with van der Waals surface area (Å²) < 4.78 is 21.9. The lowest BCUT2D eigenvalue weighted by Gasteiger charge is -2.00. The molecular weight excluding hydrogens is 270 g/mol. The van der Waals surface area contributed by atoms with E-state index in [1.54, 1.807) is 0 Å². The Bertz CT molecular complexity index is 481. The van der Waals surface area contributed by atoms with Crippen LogP contribution in [0.5, 0.6) is 0 Å². The van der Waals surface area contributed by atoms with E-state index in [1.807, 2.05) is 0 Å². The maximum atomic E-state index is 11.0. The number of hydrogen-bond acceptors (Lipinski definition) is 3. The molecule has 0 spiro atoms. The third-order valence-corrected chi connectivity index (χ3v) is 3.44. The zero-order valence-electron chi connectivity index (χ0n) is 6.50. The van der Waals surface area contributed by atoms with Gasteiger partial charge in [-0.25, -0.2) is 8.42 Å². The molecule has 0 aliphatic heterocycles. The van der Waals surface area contributed by atoms with Crippen molar-refractivity contribution in [3.63, 3.8) is 0 Å². The van der Waals surface area contributed by atoms with Crippen LogP contribution in [0.25, 0.3) is 0 Å². The second-order valence-electron chi connectivity index (χ2n) is 2.36. The van der Waals surface area contributed by atoms with Crippen molar-refractivity contribution in [3.05, 3.63) is 28.8 Å². The summed E-state index contributed by atoms with van der Waals surface area (Å²) in [5, 5.41) is -0.829. The summed E-state index contributed by atoms with van der Waals surface area (Å²) in [5.41, 5.74) is 0.0234. The molecule has 0 aliphatic rings. The van der Waals surface area contributed by atoms with E-state index in [2.05, 4.69) is 0 Å². The molecule has 1 rings (SSSR count). The van der Waals surface area contributed by atoms with Crippen molar-refractivity contribution in [2.75, 3.05) is 0 Å². The number of benzene rings is 1. The molecule has 0 saturated carbocycles. The highest BCUT2D eigenvalue weighted by atomic mass is 35.7. The normalized spacial score (nSPS) is 11.4. The number of halogens is 3. The minimum Gasteiger partial charge on any atom is -0.276 e. The fourth-order valence-electron chi connectivity index (χ4n) is 0.812. The van der Waals surface area contributed by atoms with Gasteiger partial charge in [-0.3, -0.25) is 4.79 Å². The molecule has 1 aromatic carbocycles. The Kier molecular flexibility index (Phi) is 3.42. The lowest BCUT2D eigenvalue weighted by molar-refractivity contribution is 0.108. The molecule has 14 heavy (non-hydrogen) atoms. The number of carbonyl (C=O) groups is 1. The van der Waals surface area contributed by atoms with Gasteiger partial charge in [-0.1, -0.05) is 11.6 Å². The summed E-state index contributed by atoms with van der Waals surface area (Å²) in [6, 6.07) is 3.58. The van der Waals surface area contributed by atoms with E-state index in [0.717, 1.165) is 6.07 Å². The Morgan fingerprint density at radius 1 is 1.29 bits per heavy atom. The zero-order valence-corrected chi connectivity index (χ0v) is 9.58. The van der Waals surface area contributed by atoms with Gasteiger partial charge in [0.15, 0.2) is 0 Å². The summed E-state index contributed by atoms with van der Waals surface area (Å²) in [5.74, 6) is 0. The van der Waals surface area contributed by atoms with Crippen molar-refractivity contribution >= 4 is 48.2 Å². The molecular formula is C7H3Cl3O3S. The SMILES string of the molecule is O=C(Cl)c1ccc(Cl)c(S(=O)(=O)Cl)c1. The third-order valence-electron chi connectivity index (χ3n) is 1.42. The highest BCUT2D eigenvalue weighted by molar-refractivity contribution is 8.13. The molecule has 0 amide bonds. The molecule has 0 bridgehead atoms. The van der Waals surface area contributed by atoms with Gasteiger partial charge in [0.25, 0.3) is 14.3 Å². The van der Waals surface area contributed by atoms with Crippen molar-refractivity contribution in [1.29, 1.82) is 0 Å². The first-order chi connectivity index (χ1) is 6.32. The zero-order chi connectivity index (χ0) is 10.9. The van der Waals surface area contributed by atoms with Gasteiger partial charge in [0.05, 0.1) is 5.02 Å². The topological polar surface area (TPSA) is 51.2 Å². The molecule has 0 radical (unpaired) electrons. The van der Waals surface area contributed by atoms with E-state index < -0.39 is 14.3 Å². The van der Waals surface area contributed by atoms with Crippen LogP contribution in [0.1, 0.15) is 10.4 Å². The van der Waals surface area contributed by atoms with Crippen LogP contribution in [0.15, 0.2) is 23.1 Å². The molecule has 0 aromatic heterocycles. The first kappa shape index (κ1) is 11.8. The van der Waals surface area contributed by atoms with E-state index in [-0.39, 0.29) is 15.5 Å². The van der Waals surface area contributed by atoms with Gasteiger partial charge in [0.1, 0.15) is 4.90 Å². The monoisotopic (exact) mass is 272 g/mol. The maximum Gasteiger partial charge on any atom is 0.262 e. The van der Waals surface area contributed by atoms with Crippen LogP contribution in [0, 0.1) is 0 Å². The minimum atomic E-state index is -3.96. The lowest BCUT2D eigenvalue weighted by Crippen LogP contribution is -1.96. The average Bonchev–Trinajstić information content (AvgIpc) is 2.02. The van der Waals surface area contributed by atoms with Crippen LogP contribution in [0.4, 0.5) is 0 Å². The standard InChI is InChI=1S/C7H3Cl3O3S/c8-5-2-1-4(7(9)11)3-6(5)14(10,12)13/h1-3H. The lowest BCUT2D eigenvalue weighted by atomic mass is 10.2. The van der Waals surface area contributed by atoms with Gasteiger partial charge in [0, 0.05) is 16.2 Å². The summed E-state index contributed by atoms with van der Waals surface area (Å²) in [6.45, 7) is 0. The maximum absolute atomic E-state index is 11.0. The molecule has 0 atom stereocenters. The van der Waals surface area contributed by atoms with Crippen molar-refractivity contribution in [1.82, 2.24) is 0 Å². The smallest absolute Gasteiger partial charge is 0.262 e. The number of rotatable bonds is 2. The van der Waals surface area contributed by atoms with E-state index in [9.17, 15) is 13.2 Å². The first-order valence-electron chi connectivity index (χ1n) is 3.26. The number of carbonyl (C=O) groups excluding carboxylic acids is 1. The van der Waals surface area contributed by atoms with Gasteiger partial charge >= 0.3 is 0 Å². The van der Waals surface area contributed by atoms with Gasteiger partial charge in [-0.05, 0) is 29.8 Å². The molecule has 1 aromatic rings. The first-order valence-corrected chi connectivity index (χ1v) is 6.33. The third kappa shape index (κ3) is 2.60. The molecule has 0 unspecified atom stereocenters. The summed E-state index contributed by atoms with van der Waals surface area (Å²) in [6.07, 6.45) is 0. The van der Waals surface area contributed by atoms with Crippen LogP contribution < -0.4 is 0 Å². The number of hydrogen-bond donors (Lipinski definition) is 0. The van der Waals surface area contributed by atoms with Gasteiger partial charge in [-0.15, -0.1) is 0 Å². The van der Waals surface area contributed by atoms with Crippen molar-refractivity contribution < 1.29 is 13.2 Å². The van der Waals surface area contributed by atoms with Crippen LogP contribution >= 0.6 is 33.9 Å². The largest absolute Gasteiger partial charge is 0.276 e. The molecule has 3 nitrogen and oxygen atoms in total. The molecule has 7 heteroatoms. The molecule has 76 valence electrons. The van der Waals surface area contributed by atoms with Gasteiger partial charge < -0.3 is 0 Å². The summed E-state index contributed by atoms with van der Waals surface area (Å²) in [7, 11) is 1.11. The van der Waals surface area contributed by atoms with Crippen LogP contribution in [0.3, 0.4) is 0 Å². The Labute approximate surface area is 95.0 Å². The minimum absolute atomic E-state index is 0.0234. The van der Waals surface area contributed by atoms with Crippen LogP contribution in [-0.2, 0) is 9.05 Å². The Hall–Kier alpha value is -0.290. The van der Waals surface area contributed by atoms with Crippen molar-refractivity contribution in [3.8, 4) is 0 Å². The second kappa shape index (κ2) is 4.06. The molecule has 0 heterocycles. The fourth-order valence-corrected chi connectivity index (χ4v) is 2.42. The van der Waals surface area contributed by atoms with Crippen LogP contribution in [-0.4, -0.2) is 13.7 Å². The van der Waals surface area contributed by atoms with Crippen molar-refractivity contribution in [2.24, 2.45) is 0 Å². The predicted octanol–water partition coefficient (Wildman–Crippen LogP) is 2.65. The highest BCUT2D eigenvalue weighted by Crippen LogP contribution is 2.26. The highest BCUT2D eigenvalue weighted by Gasteiger charge is 2.16. The average molecular weight is 274 g/mol. The van der Waals surface area contributed by atoms with Gasteiger partial charge in [-0.2, -0.15) is 0 Å². The van der Waals surface area contributed by atoms with Crippen LogP contribution in [0.2, 0.25) is 5.02 Å². The Morgan fingerprint density at radius 2 is 1.86 bits per heavy atom. The fraction of sp³-hybridized carbons (Fsp3) is 0. The second-order valence-corrected chi connectivity index (χ2v) is 5.64. The summed E-state index contributed by atoms with van der Waals surface area (Å²) in [4.78, 5) is 10.4. The van der Waals surface area contributed by atoms with E-state index >= 15 is 0 Å². The quantitative estimate of drug-likeness (QED) is 0.778. The molecule has 0 fully saturated rings. The Morgan fingerprint density at radius 3 is 2.29 bits per heavy atom. The Balaban J connectivity index is 3.44.